The molecule has 98 valence electrons. The molecule has 0 spiro atoms. The van der Waals surface area contributed by atoms with Crippen LogP contribution in [0.2, 0.25) is 0 Å². The molecule has 3 rings (SSSR count). The highest BCUT2D eigenvalue weighted by Crippen LogP contribution is 2.25. The summed E-state index contributed by atoms with van der Waals surface area (Å²) in [6.45, 7) is 2.59. The van der Waals surface area contributed by atoms with Gasteiger partial charge in [-0.1, -0.05) is 19.1 Å². The van der Waals surface area contributed by atoms with Crippen LogP contribution in [-0.4, -0.2) is 19.7 Å². The first-order chi connectivity index (χ1) is 9.22. The molecular formula is C14H17N5. The molecule has 0 amide bonds. The van der Waals surface area contributed by atoms with E-state index < -0.39 is 0 Å². The molecule has 0 saturated carbocycles. The van der Waals surface area contributed by atoms with E-state index >= 15 is 0 Å². The Kier molecular flexibility index (Phi) is 2.83. The number of aromatic amines is 1. The lowest BCUT2D eigenvalue weighted by Gasteiger charge is -1.95. The van der Waals surface area contributed by atoms with Crippen LogP contribution in [0.3, 0.4) is 0 Å². The van der Waals surface area contributed by atoms with Crippen LogP contribution in [0.5, 0.6) is 0 Å². The molecule has 2 aromatic heterocycles. The summed E-state index contributed by atoms with van der Waals surface area (Å²) in [6.07, 6.45) is 2.88. The fourth-order valence-electron chi connectivity index (χ4n) is 2.38. The Morgan fingerprint density at radius 2 is 2.21 bits per heavy atom. The summed E-state index contributed by atoms with van der Waals surface area (Å²) >= 11 is 0. The summed E-state index contributed by atoms with van der Waals surface area (Å²) in [5.41, 5.74) is 10.9. The standard InChI is InChI=1S/C14H17N5/c1-3-11-10(8-19(2)18-11)14-16-12-6-4-5-9(7-15)13(12)17-14/h4-6,8H,3,7,15H2,1-2H3,(H,16,17). The Balaban J connectivity index is 2.20. The minimum absolute atomic E-state index is 0.495. The quantitative estimate of drug-likeness (QED) is 0.751. The summed E-state index contributed by atoms with van der Waals surface area (Å²) in [7, 11) is 1.93. The zero-order valence-electron chi connectivity index (χ0n) is 11.1. The Morgan fingerprint density at radius 1 is 1.37 bits per heavy atom. The lowest BCUT2D eigenvalue weighted by molar-refractivity contribution is 0.746. The van der Waals surface area contributed by atoms with Gasteiger partial charge in [0.2, 0.25) is 0 Å². The highest BCUT2D eigenvalue weighted by molar-refractivity contribution is 5.82. The predicted molar refractivity (Wildman–Crippen MR) is 75.6 cm³/mol. The van der Waals surface area contributed by atoms with Crippen molar-refractivity contribution in [3.8, 4) is 11.4 Å². The highest BCUT2D eigenvalue weighted by Gasteiger charge is 2.13. The summed E-state index contributed by atoms with van der Waals surface area (Å²) in [4.78, 5) is 8.04. The number of para-hydroxylation sites is 1. The largest absolute Gasteiger partial charge is 0.338 e. The Bertz CT molecular complexity index is 723. The van der Waals surface area contributed by atoms with Crippen LogP contribution in [0.15, 0.2) is 24.4 Å². The minimum Gasteiger partial charge on any atom is -0.338 e. The fraction of sp³-hybridized carbons (Fsp3) is 0.286. The second kappa shape index (κ2) is 4.51. The number of benzene rings is 1. The summed E-state index contributed by atoms with van der Waals surface area (Å²) in [6, 6.07) is 6.03. The third kappa shape index (κ3) is 1.92. The lowest BCUT2D eigenvalue weighted by atomic mass is 10.2. The highest BCUT2D eigenvalue weighted by atomic mass is 15.3. The van der Waals surface area contributed by atoms with E-state index in [4.69, 9.17) is 5.73 Å². The second-order valence-corrected chi connectivity index (χ2v) is 4.62. The molecular weight excluding hydrogens is 238 g/mol. The molecule has 0 atom stereocenters. The van der Waals surface area contributed by atoms with Gasteiger partial charge in [0.05, 0.1) is 22.3 Å². The number of hydrogen-bond acceptors (Lipinski definition) is 3. The number of fused-ring (bicyclic) bond motifs is 1. The molecule has 1 aromatic carbocycles. The molecule has 3 aromatic rings. The lowest BCUT2D eigenvalue weighted by Crippen LogP contribution is -1.96. The van der Waals surface area contributed by atoms with Crippen LogP contribution in [0.4, 0.5) is 0 Å². The van der Waals surface area contributed by atoms with Crippen molar-refractivity contribution in [3.63, 3.8) is 0 Å². The van der Waals surface area contributed by atoms with E-state index in [-0.39, 0.29) is 0 Å². The SMILES string of the molecule is CCc1nn(C)cc1-c1nc2c(CN)cccc2[nH]1. The van der Waals surface area contributed by atoms with E-state index in [0.29, 0.717) is 6.54 Å². The first kappa shape index (κ1) is 11.9. The summed E-state index contributed by atoms with van der Waals surface area (Å²) in [5.74, 6) is 0.862. The topological polar surface area (TPSA) is 72.5 Å². The van der Waals surface area contributed by atoms with Crippen molar-refractivity contribution in [2.45, 2.75) is 19.9 Å². The van der Waals surface area contributed by atoms with Crippen LogP contribution in [0.1, 0.15) is 18.2 Å². The Morgan fingerprint density at radius 3 is 2.95 bits per heavy atom. The van der Waals surface area contributed by atoms with Crippen molar-refractivity contribution in [1.82, 2.24) is 19.7 Å². The van der Waals surface area contributed by atoms with Gasteiger partial charge < -0.3 is 10.7 Å². The van der Waals surface area contributed by atoms with Gasteiger partial charge in [0.15, 0.2) is 0 Å². The van der Waals surface area contributed by atoms with Gasteiger partial charge in [-0.3, -0.25) is 4.68 Å². The molecule has 19 heavy (non-hydrogen) atoms. The molecule has 5 nitrogen and oxygen atoms in total. The van der Waals surface area contributed by atoms with Gasteiger partial charge >= 0.3 is 0 Å². The van der Waals surface area contributed by atoms with E-state index in [9.17, 15) is 0 Å². The minimum atomic E-state index is 0.495. The van der Waals surface area contributed by atoms with Crippen molar-refractivity contribution in [1.29, 1.82) is 0 Å². The van der Waals surface area contributed by atoms with Gasteiger partial charge in [-0.05, 0) is 18.1 Å². The predicted octanol–water partition coefficient (Wildman–Crippen LogP) is 1.98. The average Bonchev–Trinajstić information content (AvgIpc) is 3.00. The number of hydrogen-bond donors (Lipinski definition) is 2. The van der Waals surface area contributed by atoms with Crippen LogP contribution < -0.4 is 5.73 Å². The van der Waals surface area contributed by atoms with E-state index in [0.717, 1.165) is 40.1 Å². The third-order valence-electron chi connectivity index (χ3n) is 3.31. The van der Waals surface area contributed by atoms with Crippen molar-refractivity contribution < 1.29 is 0 Å². The smallest absolute Gasteiger partial charge is 0.141 e. The normalized spacial score (nSPS) is 11.3. The third-order valence-corrected chi connectivity index (χ3v) is 3.31. The number of aromatic nitrogens is 4. The molecule has 0 bridgehead atoms. The molecule has 5 heteroatoms. The number of imidazole rings is 1. The van der Waals surface area contributed by atoms with Crippen molar-refractivity contribution >= 4 is 11.0 Å². The monoisotopic (exact) mass is 255 g/mol. The number of nitrogens with two attached hydrogens (primary N) is 1. The maximum absolute atomic E-state index is 5.75. The number of nitrogens with zero attached hydrogens (tertiary/aromatic N) is 3. The maximum Gasteiger partial charge on any atom is 0.141 e. The van der Waals surface area contributed by atoms with E-state index in [1.807, 2.05) is 36.1 Å². The van der Waals surface area contributed by atoms with Gasteiger partial charge in [-0.2, -0.15) is 5.10 Å². The second-order valence-electron chi connectivity index (χ2n) is 4.62. The zero-order valence-corrected chi connectivity index (χ0v) is 11.1. The molecule has 0 aliphatic carbocycles. The first-order valence-electron chi connectivity index (χ1n) is 6.43. The number of H-pyrrole nitrogens is 1. The van der Waals surface area contributed by atoms with Gasteiger partial charge in [0.25, 0.3) is 0 Å². The molecule has 3 N–H and O–H groups in total. The summed E-state index contributed by atoms with van der Waals surface area (Å²) < 4.78 is 1.82. The van der Waals surface area contributed by atoms with E-state index in [2.05, 4.69) is 22.0 Å². The molecule has 0 aliphatic heterocycles. The van der Waals surface area contributed by atoms with Crippen molar-refractivity contribution in [2.24, 2.45) is 12.8 Å². The van der Waals surface area contributed by atoms with E-state index in [1.54, 1.807) is 0 Å². The molecule has 0 fully saturated rings. The zero-order chi connectivity index (χ0) is 13.4. The molecule has 2 heterocycles. The van der Waals surface area contributed by atoms with Gasteiger partial charge in [-0.25, -0.2) is 4.98 Å². The van der Waals surface area contributed by atoms with Gasteiger partial charge in [0.1, 0.15) is 5.82 Å². The van der Waals surface area contributed by atoms with Crippen LogP contribution in [-0.2, 0) is 20.0 Å². The van der Waals surface area contributed by atoms with E-state index in [1.165, 1.54) is 0 Å². The maximum atomic E-state index is 5.75. The van der Waals surface area contributed by atoms with Crippen molar-refractivity contribution in [3.05, 3.63) is 35.7 Å². The fourth-order valence-corrected chi connectivity index (χ4v) is 2.38. The molecule has 0 aliphatic rings. The Labute approximate surface area is 111 Å². The van der Waals surface area contributed by atoms with Crippen LogP contribution >= 0.6 is 0 Å². The molecule has 0 saturated heterocycles. The average molecular weight is 255 g/mol. The van der Waals surface area contributed by atoms with Crippen LogP contribution in [0, 0.1) is 0 Å². The molecule has 0 radical (unpaired) electrons. The number of aryl methyl sites for hydroxylation is 2. The van der Waals surface area contributed by atoms with Crippen LogP contribution in [0.25, 0.3) is 22.4 Å². The molecule has 0 unspecified atom stereocenters. The van der Waals surface area contributed by atoms with Gasteiger partial charge in [0, 0.05) is 19.8 Å². The number of rotatable bonds is 3. The van der Waals surface area contributed by atoms with Crippen molar-refractivity contribution in [2.75, 3.05) is 0 Å². The Hall–Kier alpha value is -2.14. The first-order valence-corrected chi connectivity index (χ1v) is 6.43. The summed E-state index contributed by atoms with van der Waals surface area (Å²) in [5, 5.41) is 4.45. The number of nitrogens with one attached hydrogen (secondary N) is 1. The van der Waals surface area contributed by atoms with Gasteiger partial charge in [-0.15, -0.1) is 0 Å².